The fraction of sp³-hybridized carbons (Fsp3) is 0.650. The Labute approximate surface area is 150 Å². The third kappa shape index (κ3) is 4.54. The molecule has 3 rings (SSSR count). The Morgan fingerprint density at radius 2 is 1.96 bits per heavy atom. The van der Waals surface area contributed by atoms with Crippen LogP contribution in [0.4, 0.5) is 0 Å². The molecule has 1 amide bonds. The van der Waals surface area contributed by atoms with Crippen LogP contribution in [0.25, 0.3) is 0 Å². The second-order valence-electron chi connectivity index (χ2n) is 7.56. The standard InChI is InChI=1S/C20H30N2OS/c21-16-20(10-5-2-6-11-20)13-19(23)22-12-9-17(14-22)15-24-18-7-3-1-4-8-18/h1,3-4,7-8,17H,2,5-6,9-16,21H2. The summed E-state index contributed by atoms with van der Waals surface area (Å²) in [7, 11) is 0. The number of nitrogens with two attached hydrogens (primary N) is 1. The van der Waals surface area contributed by atoms with Crippen molar-refractivity contribution in [3.8, 4) is 0 Å². The lowest BCUT2D eigenvalue weighted by Crippen LogP contribution is -2.40. The Hall–Kier alpha value is -1.00. The lowest BCUT2D eigenvalue weighted by Gasteiger charge is -2.36. The van der Waals surface area contributed by atoms with Gasteiger partial charge in [-0.05, 0) is 49.3 Å². The van der Waals surface area contributed by atoms with Crippen molar-refractivity contribution in [2.75, 3.05) is 25.4 Å². The lowest BCUT2D eigenvalue weighted by atomic mass is 9.71. The minimum absolute atomic E-state index is 0.0895. The Balaban J connectivity index is 1.47. The van der Waals surface area contributed by atoms with Gasteiger partial charge >= 0.3 is 0 Å². The number of likely N-dealkylation sites (tertiary alicyclic amines) is 1. The first-order chi connectivity index (χ1) is 11.7. The molecule has 4 heteroatoms. The fourth-order valence-corrected chi connectivity index (χ4v) is 5.16. The molecule has 0 radical (unpaired) electrons. The summed E-state index contributed by atoms with van der Waals surface area (Å²) in [4.78, 5) is 16.2. The Morgan fingerprint density at radius 3 is 2.67 bits per heavy atom. The first-order valence-corrected chi connectivity index (χ1v) is 10.4. The van der Waals surface area contributed by atoms with Gasteiger partial charge in [-0.3, -0.25) is 4.79 Å². The summed E-state index contributed by atoms with van der Waals surface area (Å²) in [5, 5.41) is 0. The number of carbonyl (C=O) groups is 1. The van der Waals surface area contributed by atoms with Gasteiger partial charge in [0, 0.05) is 30.2 Å². The van der Waals surface area contributed by atoms with Crippen molar-refractivity contribution in [2.24, 2.45) is 17.1 Å². The topological polar surface area (TPSA) is 46.3 Å². The summed E-state index contributed by atoms with van der Waals surface area (Å²) in [5.41, 5.74) is 6.14. The zero-order valence-corrected chi connectivity index (χ0v) is 15.4. The molecule has 132 valence electrons. The maximum atomic E-state index is 12.8. The average Bonchev–Trinajstić information content (AvgIpc) is 3.11. The summed E-state index contributed by atoms with van der Waals surface area (Å²) >= 11 is 1.91. The van der Waals surface area contributed by atoms with E-state index in [2.05, 4.69) is 35.2 Å². The smallest absolute Gasteiger partial charge is 0.223 e. The quantitative estimate of drug-likeness (QED) is 0.794. The third-order valence-electron chi connectivity index (χ3n) is 5.74. The lowest BCUT2D eigenvalue weighted by molar-refractivity contribution is -0.133. The van der Waals surface area contributed by atoms with Crippen molar-refractivity contribution in [1.82, 2.24) is 4.90 Å². The summed E-state index contributed by atoms with van der Waals surface area (Å²) in [6.07, 6.45) is 7.86. The van der Waals surface area contributed by atoms with Crippen LogP contribution in [-0.4, -0.2) is 36.2 Å². The van der Waals surface area contributed by atoms with Crippen molar-refractivity contribution >= 4 is 17.7 Å². The number of thioether (sulfide) groups is 1. The van der Waals surface area contributed by atoms with Crippen LogP contribution in [0.3, 0.4) is 0 Å². The van der Waals surface area contributed by atoms with Gasteiger partial charge in [-0.15, -0.1) is 11.8 Å². The summed E-state index contributed by atoms with van der Waals surface area (Å²) in [6.45, 7) is 2.53. The van der Waals surface area contributed by atoms with Gasteiger partial charge in [0.2, 0.25) is 5.91 Å². The van der Waals surface area contributed by atoms with E-state index in [0.717, 1.165) is 38.1 Å². The molecule has 1 saturated heterocycles. The summed E-state index contributed by atoms with van der Waals surface area (Å²) < 4.78 is 0. The highest BCUT2D eigenvalue weighted by Gasteiger charge is 2.36. The molecule has 24 heavy (non-hydrogen) atoms. The molecule has 0 bridgehead atoms. The predicted molar refractivity (Wildman–Crippen MR) is 101 cm³/mol. The third-order valence-corrected chi connectivity index (χ3v) is 6.98. The molecule has 2 aliphatic rings. The van der Waals surface area contributed by atoms with E-state index >= 15 is 0 Å². The average molecular weight is 347 g/mol. The van der Waals surface area contributed by atoms with E-state index in [1.165, 1.54) is 24.2 Å². The normalized spacial score (nSPS) is 23.4. The van der Waals surface area contributed by atoms with Crippen LogP contribution in [0.1, 0.15) is 44.9 Å². The molecule has 1 aromatic carbocycles. The number of rotatable bonds is 6. The molecule has 2 N–H and O–H groups in total. The van der Waals surface area contributed by atoms with E-state index in [1.54, 1.807) is 0 Å². The zero-order valence-electron chi connectivity index (χ0n) is 14.6. The van der Waals surface area contributed by atoms with Gasteiger partial charge in [-0.1, -0.05) is 37.5 Å². The molecule has 1 heterocycles. The summed E-state index contributed by atoms with van der Waals surface area (Å²) in [6, 6.07) is 10.6. The van der Waals surface area contributed by atoms with Gasteiger partial charge in [-0.2, -0.15) is 0 Å². The Morgan fingerprint density at radius 1 is 1.21 bits per heavy atom. The van der Waals surface area contributed by atoms with E-state index in [1.807, 2.05) is 11.8 Å². The molecule has 2 fully saturated rings. The molecule has 1 aromatic rings. The van der Waals surface area contributed by atoms with Gasteiger partial charge in [0.15, 0.2) is 0 Å². The molecule has 0 spiro atoms. The molecule has 1 aliphatic heterocycles. The highest BCUT2D eigenvalue weighted by Crippen LogP contribution is 2.39. The molecule has 1 saturated carbocycles. The maximum absolute atomic E-state index is 12.8. The number of hydrogen-bond acceptors (Lipinski definition) is 3. The van der Waals surface area contributed by atoms with Crippen LogP contribution in [-0.2, 0) is 4.79 Å². The van der Waals surface area contributed by atoms with E-state index in [9.17, 15) is 4.79 Å². The Kier molecular flexibility index (Phi) is 6.23. The van der Waals surface area contributed by atoms with Gasteiger partial charge < -0.3 is 10.6 Å². The SMILES string of the molecule is NCC1(CC(=O)N2CCC(CSc3ccccc3)C2)CCCCC1. The van der Waals surface area contributed by atoms with E-state index in [-0.39, 0.29) is 5.41 Å². The number of carbonyl (C=O) groups excluding carboxylic acids is 1. The minimum Gasteiger partial charge on any atom is -0.342 e. The van der Waals surface area contributed by atoms with Gasteiger partial charge in [0.1, 0.15) is 0 Å². The molecule has 1 unspecified atom stereocenters. The number of hydrogen-bond donors (Lipinski definition) is 1. The zero-order chi connectivity index (χ0) is 16.8. The van der Waals surface area contributed by atoms with Crippen LogP contribution >= 0.6 is 11.8 Å². The first kappa shape index (κ1) is 17.8. The van der Waals surface area contributed by atoms with Crippen molar-refractivity contribution in [2.45, 2.75) is 49.8 Å². The van der Waals surface area contributed by atoms with Crippen molar-refractivity contribution in [1.29, 1.82) is 0 Å². The second-order valence-corrected chi connectivity index (χ2v) is 8.65. The number of amides is 1. The van der Waals surface area contributed by atoms with Crippen LogP contribution in [0, 0.1) is 11.3 Å². The van der Waals surface area contributed by atoms with Crippen LogP contribution in [0.5, 0.6) is 0 Å². The number of benzene rings is 1. The van der Waals surface area contributed by atoms with Crippen LogP contribution in [0.15, 0.2) is 35.2 Å². The van der Waals surface area contributed by atoms with Gasteiger partial charge in [0.05, 0.1) is 0 Å². The van der Waals surface area contributed by atoms with Crippen molar-refractivity contribution < 1.29 is 4.79 Å². The van der Waals surface area contributed by atoms with Crippen LogP contribution in [0.2, 0.25) is 0 Å². The summed E-state index contributed by atoms with van der Waals surface area (Å²) in [5.74, 6) is 2.07. The van der Waals surface area contributed by atoms with Gasteiger partial charge in [-0.25, -0.2) is 0 Å². The molecule has 1 atom stereocenters. The molecule has 1 aliphatic carbocycles. The van der Waals surface area contributed by atoms with Gasteiger partial charge in [0.25, 0.3) is 0 Å². The molecule has 3 nitrogen and oxygen atoms in total. The van der Waals surface area contributed by atoms with E-state index < -0.39 is 0 Å². The molecular weight excluding hydrogens is 316 g/mol. The first-order valence-electron chi connectivity index (χ1n) is 9.36. The highest BCUT2D eigenvalue weighted by molar-refractivity contribution is 7.99. The van der Waals surface area contributed by atoms with E-state index in [4.69, 9.17) is 5.73 Å². The Bertz CT molecular complexity index is 528. The second kappa shape index (κ2) is 8.39. The molecular formula is C20H30N2OS. The molecule has 0 aromatic heterocycles. The monoisotopic (exact) mass is 346 g/mol. The predicted octanol–water partition coefficient (Wildman–Crippen LogP) is 3.93. The maximum Gasteiger partial charge on any atom is 0.223 e. The largest absolute Gasteiger partial charge is 0.342 e. The van der Waals surface area contributed by atoms with Crippen molar-refractivity contribution in [3.05, 3.63) is 30.3 Å². The fourth-order valence-electron chi connectivity index (χ4n) is 4.11. The van der Waals surface area contributed by atoms with Crippen molar-refractivity contribution in [3.63, 3.8) is 0 Å². The minimum atomic E-state index is 0.0895. The number of nitrogens with zero attached hydrogens (tertiary/aromatic N) is 1. The highest BCUT2D eigenvalue weighted by atomic mass is 32.2. The van der Waals surface area contributed by atoms with Crippen LogP contribution < -0.4 is 5.73 Å². The van der Waals surface area contributed by atoms with E-state index in [0.29, 0.717) is 24.8 Å².